The Morgan fingerprint density at radius 2 is 2.12 bits per heavy atom. The summed E-state index contributed by atoms with van der Waals surface area (Å²) in [5.74, 6) is 0. The van der Waals surface area contributed by atoms with Crippen LogP contribution in [0.2, 0.25) is 0 Å². The third-order valence-electron chi connectivity index (χ3n) is 2.35. The van der Waals surface area contributed by atoms with Crippen LogP contribution < -0.4 is 5.73 Å². The fraction of sp³-hybridized carbons (Fsp3) is 0.0909. The van der Waals surface area contributed by atoms with E-state index in [9.17, 15) is 0 Å². The second-order valence-corrected chi connectivity index (χ2v) is 4.41. The Balaban J connectivity index is 2.18. The van der Waals surface area contributed by atoms with Gasteiger partial charge >= 0.3 is 0 Å². The monoisotopic (exact) mass is 231 g/mol. The Labute approximate surface area is 95.7 Å². The molecule has 1 aromatic carbocycles. The first-order valence-corrected chi connectivity index (χ1v) is 5.69. The van der Waals surface area contributed by atoms with Gasteiger partial charge in [0.2, 0.25) is 0 Å². The molecule has 3 rings (SSSR count). The molecular weight excluding hydrogens is 222 g/mol. The van der Waals surface area contributed by atoms with Crippen molar-refractivity contribution < 1.29 is 4.42 Å². The molecular formula is C11H9N3OS. The van der Waals surface area contributed by atoms with Crippen molar-refractivity contribution in [3.05, 3.63) is 35.5 Å². The van der Waals surface area contributed by atoms with Gasteiger partial charge in [-0.05, 0) is 6.07 Å². The van der Waals surface area contributed by atoms with Crippen LogP contribution in [0.5, 0.6) is 0 Å². The summed E-state index contributed by atoms with van der Waals surface area (Å²) in [7, 11) is 0. The summed E-state index contributed by atoms with van der Waals surface area (Å²) >= 11 is 1.50. The van der Waals surface area contributed by atoms with E-state index in [0.717, 1.165) is 26.5 Å². The molecule has 80 valence electrons. The molecule has 4 nitrogen and oxygen atoms in total. The Morgan fingerprint density at radius 1 is 1.25 bits per heavy atom. The smallest absolute Gasteiger partial charge is 0.151 e. The Bertz CT molecular complexity index is 629. The maximum atomic E-state index is 5.51. The minimum absolute atomic E-state index is 0.424. The second-order valence-electron chi connectivity index (χ2n) is 3.35. The predicted octanol–water partition coefficient (Wildman–Crippen LogP) is 2.41. The van der Waals surface area contributed by atoms with Gasteiger partial charge in [0.05, 0.1) is 5.56 Å². The van der Waals surface area contributed by atoms with Crippen LogP contribution in [-0.4, -0.2) is 10.2 Å². The Morgan fingerprint density at radius 3 is 2.94 bits per heavy atom. The summed E-state index contributed by atoms with van der Waals surface area (Å²) in [6.07, 6.45) is 1.71. The van der Waals surface area contributed by atoms with E-state index >= 15 is 0 Å². The normalized spacial score (nSPS) is 11.1. The van der Waals surface area contributed by atoms with Gasteiger partial charge in [0.1, 0.15) is 16.9 Å². The summed E-state index contributed by atoms with van der Waals surface area (Å²) in [5, 5.41) is 10.9. The maximum absolute atomic E-state index is 5.51. The second kappa shape index (κ2) is 3.70. The first-order valence-electron chi connectivity index (χ1n) is 4.87. The maximum Gasteiger partial charge on any atom is 0.151 e. The molecule has 0 radical (unpaired) electrons. The van der Waals surface area contributed by atoms with Crippen molar-refractivity contribution in [1.29, 1.82) is 0 Å². The number of nitrogens with zero attached hydrogens (tertiary/aromatic N) is 2. The molecule has 0 atom stereocenters. The molecule has 0 aliphatic heterocycles. The van der Waals surface area contributed by atoms with Crippen LogP contribution in [0.3, 0.4) is 0 Å². The van der Waals surface area contributed by atoms with Crippen molar-refractivity contribution in [3.63, 3.8) is 0 Å². The van der Waals surface area contributed by atoms with Crippen LogP contribution in [0, 0.1) is 0 Å². The largest absolute Gasteiger partial charge is 0.464 e. The summed E-state index contributed by atoms with van der Waals surface area (Å²) in [6.45, 7) is 0.424. The fourth-order valence-electron chi connectivity index (χ4n) is 1.59. The van der Waals surface area contributed by atoms with Gasteiger partial charge in [-0.2, -0.15) is 0 Å². The SMILES string of the molecule is NCc1nnc(-c2coc3ccccc23)s1. The topological polar surface area (TPSA) is 64.9 Å². The predicted molar refractivity (Wildman–Crippen MR) is 63.0 cm³/mol. The number of aromatic nitrogens is 2. The fourth-order valence-corrected chi connectivity index (χ4v) is 2.33. The molecule has 0 saturated heterocycles. The van der Waals surface area contributed by atoms with Crippen molar-refractivity contribution in [1.82, 2.24) is 10.2 Å². The highest BCUT2D eigenvalue weighted by molar-refractivity contribution is 7.14. The molecule has 0 unspecified atom stereocenters. The van der Waals surface area contributed by atoms with Crippen molar-refractivity contribution in [2.75, 3.05) is 0 Å². The van der Waals surface area contributed by atoms with Crippen molar-refractivity contribution in [3.8, 4) is 10.6 Å². The lowest BCUT2D eigenvalue weighted by molar-refractivity contribution is 0.617. The van der Waals surface area contributed by atoms with E-state index in [1.807, 2.05) is 24.3 Å². The number of rotatable bonds is 2. The van der Waals surface area contributed by atoms with Gasteiger partial charge in [0.15, 0.2) is 5.01 Å². The molecule has 16 heavy (non-hydrogen) atoms. The summed E-state index contributed by atoms with van der Waals surface area (Å²) in [4.78, 5) is 0. The molecule has 0 aliphatic carbocycles. The number of para-hydroxylation sites is 1. The van der Waals surface area contributed by atoms with Gasteiger partial charge < -0.3 is 10.2 Å². The van der Waals surface area contributed by atoms with E-state index in [1.165, 1.54) is 11.3 Å². The summed E-state index contributed by atoms with van der Waals surface area (Å²) in [6, 6.07) is 7.87. The Hall–Kier alpha value is -1.72. The number of furan rings is 1. The molecule has 0 aliphatic rings. The van der Waals surface area contributed by atoms with Gasteiger partial charge in [-0.3, -0.25) is 0 Å². The van der Waals surface area contributed by atoms with Gasteiger partial charge in [-0.1, -0.05) is 29.5 Å². The van der Waals surface area contributed by atoms with E-state index in [4.69, 9.17) is 10.2 Å². The number of hydrogen-bond acceptors (Lipinski definition) is 5. The van der Waals surface area contributed by atoms with Gasteiger partial charge in [-0.25, -0.2) is 0 Å². The van der Waals surface area contributed by atoms with Crippen LogP contribution in [0.1, 0.15) is 5.01 Å². The van der Waals surface area contributed by atoms with Crippen LogP contribution in [-0.2, 0) is 6.54 Å². The molecule has 0 bridgehead atoms. The highest BCUT2D eigenvalue weighted by atomic mass is 32.1. The number of hydrogen-bond donors (Lipinski definition) is 1. The van der Waals surface area contributed by atoms with E-state index < -0.39 is 0 Å². The van der Waals surface area contributed by atoms with Gasteiger partial charge in [0.25, 0.3) is 0 Å². The number of fused-ring (bicyclic) bond motifs is 1. The zero-order valence-electron chi connectivity index (χ0n) is 8.38. The molecule has 0 fully saturated rings. The third-order valence-corrected chi connectivity index (χ3v) is 3.33. The van der Waals surface area contributed by atoms with E-state index in [0.29, 0.717) is 6.54 Å². The highest BCUT2D eigenvalue weighted by Crippen LogP contribution is 2.31. The first kappa shape index (κ1) is 9.50. The number of benzene rings is 1. The van der Waals surface area contributed by atoms with Gasteiger partial charge in [0, 0.05) is 11.9 Å². The summed E-state index contributed by atoms with van der Waals surface area (Å²) in [5.41, 5.74) is 7.36. The average molecular weight is 231 g/mol. The van der Waals surface area contributed by atoms with Crippen molar-refractivity contribution in [2.24, 2.45) is 5.73 Å². The third kappa shape index (κ3) is 1.41. The highest BCUT2D eigenvalue weighted by Gasteiger charge is 2.11. The van der Waals surface area contributed by atoms with Crippen LogP contribution in [0.25, 0.3) is 21.5 Å². The quantitative estimate of drug-likeness (QED) is 0.735. The minimum Gasteiger partial charge on any atom is -0.464 e. The van der Waals surface area contributed by atoms with Crippen molar-refractivity contribution in [2.45, 2.75) is 6.54 Å². The zero-order valence-corrected chi connectivity index (χ0v) is 9.20. The molecule has 2 heterocycles. The van der Waals surface area contributed by atoms with E-state index in [2.05, 4.69) is 10.2 Å². The molecule has 2 N–H and O–H groups in total. The standard InChI is InChI=1S/C11H9N3OS/c12-5-10-13-14-11(16-10)8-6-15-9-4-2-1-3-7(8)9/h1-4,6H,5,12H2. The Kier molecular flexibility index (Phi) is 2.19. The van der Waals surface area contributed by atoms with Crippen LogP contribution >= 0.6 is 11.3 Å². The molecule has 0 saturated carbocycles. The lowest BCUT2D eigenvalue weighted by atomic mass is 10.2. The molecule has 0 spiro atoms. The van der Waals surface area contributed by atoms with Gasteiger partial charge in [-0.15, -0.1) is 10.2 Å². The summed E-state index contributed by atoms with van der Waals surface area (Å²) < 4.78 is 5.45. The lowest BCUT2D eigenvalue weighted by Gasteiger charge is -1.89. The van der Waals surface area contributed by atoms with E-state index in [-0.39, 0.29) is 0 Å². The van der Waals surface area contributed by atoms with Crippen molar-refractivity contribution >= 4 is 22.3 Å². The zero-order chi connectivity index (χ0) is 11.0. The van der Waals surface area contributed by atoms with Crippen LogP contribution in [0.4, 0.5) is 0 Å². The molecule has 2 aromatic heterocycles. The first-order chi connectivity index (χ1) is 7.88. The van der Waals surface area contributed by atoms with Crippen LogP contribution in [0.15, 0.2) is 34.9 Å². The number of nitrogens with two attached hydrogens (primary N) is 1. The minimum atomic E-state index is 0.424. The molecule has 5 heteroatoms. The molecule has 3 aromatic rings. The average Bonchev–Trinajstić information content (AvgIpc) is 2.94. The molecule has 0 amide bonds. The van der Waals surface area contributed by atoms with E-state index in [1.54, 1.807) is 6.26 Å². The lowest BCUT2D eigenvalue weighted by Crippen LogP contribution is -1.94.